The molecule has 252 valence electrons. The van der Waals surface area contributed by atoms with Crippen molar-refractivity contribution in [3.63, 3.8) is 0 Å². The van der Waals surface area contributed by atoms with E-state index in [0.717, 1.165) is 19.3 Å². The van der Waals surface area contributed by atoms with E-state index >= 15 is 0 Å². The zero-order valence-corrected chi connectivity index (χ0v) is 30.5. The Morgan fingerprint density at radius 2 is 1.21 bits per heavy atom. The predicted molar refractivity (Wildman–Crippen MR) is 183 cm³/mol. The van der Waals surface area contributed by atoms with Gasteiger partial charge in [0.25, 0.3) is 0 Å². The summed E-state index contributed by atoms with van der Waals surface area (Å²) in [6, 6.07) is 0. The molecule has 1 atom stereocenters. The lowest BCUT2D eigenvalue weighted by molar-refractivity contribution is -0.870. The first-order valence-electron chi connectivity index (χ1n) is 16.1. The highest BCUT2D eigenvalue weighted by Gasteiger charge is 2.20. The van der Waals surface area contributed by atoms with Gasteiger partial charge in [-0.05, 0) is 6.42 Å². The van der Waals surface area contributed by atoms with E-state index in [1.54, 1.807) is 0 Å². The first kappa shape index (κ1) is 43.3. The summed E-state index contributed by atoms with van der Waals surface area (Å²) in [6.45, 7) is 3.06. The Hall–Kier alpha value is -0.860. The minimum Gasteiger partial charge on any atom is -0.446 e. The predicted octanol–water partition coefficient (Wildman–Crippen LogP) is 6.33. The van der Waals surface area contributed by atoms with Crippen molar-refractivity contribution in [1.29, 1.82) is 0 Å². The number of nitrogens with zero attached hydrogens (tertiary/aromatic N) is 1. The molecule has 3 N–H and O–H groups in total. The van der Waals surface area contributed by atoms with Crippen LogP contribution in [0.4, 0.5) is 9.59 Å². The molecule has 42 heavy (non-hydrogen) atoms. The monoisotopic (exact) mass is 735 g/mol. The second-order valence-electron chi connectivity index (χ2n) is 12.1. The van der Waals surface area contributed by atoms with Gasteiger partial charge in [0.15, 0.2) is 6.10 Å². The fourth-order valence-electron chi connectivity index (χ4n) is 4.45. The highest BCUT2D eigenvalue weighted by molar-refractivity contribution is 14.0. The molecule has 0 aliphatic carbocycles. The molecule has 0 heterocycles. The summed E-state index contributed by atoms with van der Waals surface area (Å²) in [5.41, 5.74) is 0. The summed E-state index contributed by atoms with van der Waals surface area (Å²) in [7, 11) is 3.84. The van der Waals surface area contributed by atoms with Crippen molar-refractivity contribution < 1.29 is 32.0 Å². The van der Waals surface area contributed by atoms with Crippen molar-refractivity contribution in [1.82, 2.24) is 15.4 Å². The van der Waals surface area contributed by atoms with Gasteiger partial charge in [-0.15, -0.1) is 24.0 Å². The maximum atomic E-state index is 12.3. The molecule has 0 bridgehead atoms. The second kappa shape index (κ2) is 27.7. The highest BCUT2D eigenvalue weighted by atomic mass is 127. The molecule has 0 aromatic rings. The molecule has 10 nitrogen and oxygen atoms in total. The van der Waals surface area contributed by atoms with Crippen LogP contribution in [0.15, 0.2) is 0 Å². The molecule has 1 unspecified atom stereocenters. The molecule has 12 heteroatoms. The molecule has 0 radical (unpaired) electrons. The molecular formula is C30H64IN4O6S+. The smallest absolute Gasteiger partial charge is 0.407 e. The third-order valence-electron chi connectivity index (χ3n) is 6.95. The highest BCUT2D eigenvalue weighted by Crippen LogP contribution is 2.13. The fraction of sp³-hybridized carbons (Fsp3) is 0.933. The number of sulfonamides is 1. The Labute approximate surface area is 274 Å². The van der Waals surface area contributed by atoms with E-state index in [2.05, 4.69) is 22.3 Å². The third kappa shape index (κ3) is 30.6. The van der Waals surface area contributed by atoms with Crippen LogP contribution in [0.3, 0.4) is 0 Å². The number of ether oxygens (including phenoxy) is 2. The minimum absolute atomic E-state index is 0. The molecule has 0 aliphatic rings. The van der Waals surface area contributed by atoms with Crippen molar-refractivity contribution >= 4 is 46.2 Å². The topological polar surface area (TPSA) is 123 Å². The van der Waals surface area contributed by atoms with E-state index in [4.69, 9.17) is 9.47 Å². The maximum absolute atomic E-state index is 12.3. The second-order valence-corrected chi connectivity index (χ2v) is 14.1. The Morgan fingerprint density at radius 1 is 0.738 bits per heavy atom. The van der Waals surface area contributed by atoms with Gasteiger partial charge in [-0.3, -0.25) is 0 Å². The Bertz CT molecular complexity index is 765. The first-order chi connectivity index (χ1) is 19.5. The fourth-order valence-corrected chi connectivity index (χ4v) is 5.54. The summed E-state index contributed by atoms with van der Waals surface area (Å²) in [4.78, 5) is 23.7. The van der Waals surface area contributed by atoms with Gasteiger partial charge in [0.2, 0.25) is 10.0 Å². The number of hydrogen-bond acceptors (Lipinski definition) is 6. The molecule has 0 saturated carbocycles. The summed E-state index contributed by atoms with van der Waals surface area (Å²) in [6.07, 6.45) is 18.9. The Balaban J connectivity index is 0. The molecule has 2 amide bonds. The number of unbranched alkanes of at least 4 members (excludes halogenated alkanes) is 15. The van der Waals surface area contributed by atoms with Gasteiger partial charge in [-0.25, -0.2) is 22.7 Å². The number of nitrogens with one attached hydrogen (secondary N) is 3. The van der Waals surface area contributed by atoms with Crippen LogP contribution in [0, 0.1) is 0 Å². The van der Waals surface area contributed by atoms with E-state index in [9.17, 15) is 18.0 Å². The molecular weight excluding hydrogens is 671 g/mol. The molecule has 0 saturated heterocycles. The molecule has 0 rings (SSSR count). The molecule has 0 fully saturated rings. The summed E-state index contributed by atoms with van der Waals surface area (Å²) >= 11 is 0. The van der Waals surface area contributed by atoms with Crippen molar-refractivity contribution in [2.45, 2.75) is 122 Å². The maximum Gasteiger partial charge on any atom is 0.407 e. The first-order valence-corrected chi connectivity index (χ1v) is 17.7. The summed E-state index contributed by atoms with van der Waals surface area (Å²) in [5, 5.41) is 5.03. The molecule has 0 aliphatic heterocycles. The van der Waals surface area contributed by atoms with Crippen LogP contribution < -0.4 is 15.4 Å². The SMILES string of the molecule is CCCCCCCCCCCCCCCCCCNC(=O)OCC(CNS(=O)(=O)CCC[N+](C)(C)C)OC(=O)NC.I. The zero-order valence-electron chi connectivity index (χ0n) is 27.3. The lowest BCUT2D eigenvalue weighted by Gasteiger charge is -2.23. The van der Waals surface area contributed by atoms with Crippen molar-refractivity contribution in [2.24, 2.45) is 0 Å². The van der Waals surface area contributed by atoms with Crippen LogP contribution in [0.2, 0.25) is 0 Å². The van der Waals surface area contributed by atoms with E-state index in [1.165, 1.54) is 90.5 Å². The number of alkyl carbamates (subject to hydrolysis) is 2. The normalized spacial score (nSPS) is 12.3. The van der Waals surface area contributed by atoms with Gasteiger partial charge >= 0.3 is 12.2 Å². The number of quaternary nitrogens is 1. The lowest BCUT2D eigenvalue weighted by Crippen LogP contribution is -2.42. The Kier molecular flexibility index (Phi) is 28.5. The number of hydrogen-bond donors (Lipinski definition) is 3. The van der Waals surface area contributed by atoms with Crippen LogP contribution in [0.5, 0.6) is 0 Å². The van der Waals surface area contributed by atoms with Crippen LogP contribution in [-0.4, -0.2) is 91.4 Å². The van der Waals surface area contributed by atoms with Crippen LogP contribution in [-0.2, 0) is 19.5 Å². The quantitative estimate of drug-likeness (QED) is 0.0515. The summed E-state index contributed by atoms with van der Waals surface area (Å²) in [5.74, 6) is -0.0319. The Morgan fingerprint density at radius 3 is 1.67 bits per heavy atom. The number of rotatable bonds is 27. The number of amides is 2. The van der Waals surface area contributed by atoms with Crippen molar-refractivity contribution in [3.8, 4) is 0 Å². The van der Waals surface area contributed by atoms with Crippen molar-refractivity contribution in [2.75, 3.05) is 60.2 Å². The summed E-state index contributed by atoms with van der Waals surface area (Å²) < 4.78 is 38.1. The van der Waals surface area contributed by atoms with Gasteiger partial charge in [0, 0.05) is 20.0 Å². The van der Waals surface area contributed by atoms with Gasteiger partial charge in [-0.1, -0.05) is 103 Å². The lowest BCUT2D eigenvalue weighted by atomic mass is 10.0. The number of carbonyl (C=O) groups excluding carboxylic acids is 2. The number of halogens is 1. The average Bonchev–Trinajstić information content (AvgIpc) is 2.90. The van der Waals surface area contributed by atoms with Crippen LogP contribution in [0.25, 0.3) is 0 Å². The van der Waals surface area contributed by atoms with E-state index in [0.29, 0.717) is 24.0 Å². The molecule has 0 aromatic heterocycles. The zero-order chi connectivity index (χ0) is 30.8. The third-order valence-corrected chi connectivity index (χ3v) is 8.38. The van der Waals surface area contributed by atoms with Gasteiger partial charge in [-0.2, -0.15) is 0 Å². The van der Waals surface area contributed by atoms with Crippen molar-refractivity contribution in [3.05, 3.63) is 0 Å². The van der Waals surface area contributed by atoms with Gasteiger partial charge < -0.3 is 24.6 Å². The standard InChI is InChI=1S/C30H62N4O6S.HI/c1-6-7-8-9-10-11-12-13-14-15-16-17-18-19-20-21-23-32-30(36)39-27-28(40-29(35)31-2)26-33-41(37,38)25-22-24-34(3,4)5;/h28,33H,6-27H2,1-5H3,(H-,31,32,35,36);1H/p+1. The van der Waals surface area contributed by atoms with Crippen LogP contribution in [0.1, 0.15) is 116 Å². The van der Waals surface area contributed by atoms with Gasteiger partial charge in [0.1, 0.15) is 6.61 Å². The molecule has 0 spiro atoms. The van der Waals surface area contributed by atoms with Crippen LogP contribution >= 0.6 is 24.0 Å². The average molecular weight is 736 g/mol. The van der Waals surface area contributed by atoms with E-state index < -0.39 is 28.3 Å². The van der Waals surface area contributed by atoms with Gasteiger partial charge in [0.05, 0.1) is 40.0 Å². The van der Waals surface area contributed by atoms with E-state index in [1.807, 2.05) is 21.1 Å². The minimum atomic E-state index is -3.55. The van der Waals surface area contributed by atoms with E-state index in [-0.39, 0.29) is 42.9 Å². The number of carbonyl (C=O) groups is 2. The largest absolute Gasteiger partial charge is 0.446 e. The molecule has 0 aromatic carbocycles.